The van der Waals surface area contributed by atoms with E-state index in [1.165, 1.54) is 30.5 Å². The Balaban J connectivity index is 2.15. The van der Waals surface area contributed by atoms with Crippen molar-refractivity contribution in [3.63, 3.8) is 0 Å². The van der Waals surface area contributed by atoms with Crippen molar-refractivity contribution in [3.05, 3.63) is 28.8 Å². The first-order valence-electron chi connectivity index (χ1n) is 6.98. The van der Waals surface area contributed by atoms with Crippen molar-refractivity contribution in [2.24, 2.45) is 11.7 Å². The number of hydrogen-bond donors (Lipinski definition) is 1. The fraction of sp³-hybridized carbons (Fsp3) is 0.600. The topological polar surface area (TPSA) is 29.3 Å². The second-order valence-electron chi connectivity index (χ2n) is 5.11. The van der Waals surface area contributed by atoms with E-state index in [4.69, 9.17) is 17.3 Å². The Hall–Kier alpha value is -0.730. The van der Waals surface area contributed by atoms with Gasteiger partial charge in [-0.3, -0.25) is 0 Å². The Morgan fingerprint density at radius 1 is 1.33 bits per heavy atom. The molecule has 0 saturated carbocycles. The lowest BCUT2D eigenvalue weighted by molar-refractivity contribution is 0.395. The minimum absolute atomic E-state index is 0.655. The van der Waals surface area contributed by atoms with E-state index >= 15 is 0 Å². The van der Waals surface area contributed by atoms with E-state index in [1.807, 2.05) is 12.1 Å². The van der Waals surface area contributed by atoms with Crippen molar-refractivity contribution in [3.8, 4) is 0 Å². The molecule has 2 rings (SSSR count). The number of rotatable bonds is 4. The monoisotopic (exact) mass is 266 g/mol. The standard InChI is InChI=1S/C15H23ClN2/c1-2-12-7-10-18(11-8-12)15-5-3-4-14(16)13(15)6-9-17/h3-5,12H,2,6-11,17H2,1H3. The highest BCUT2D eigenvalue weighted by Crippen LogP contribution is 2.31. The van der Waals surface area contributed by atoms with E-state index in [0.29, 0.717) is 6.54 Å². The molecule has 1 aromatic carbocycles. The molecule has 0 aromatic heterocycles. The Labute approximate surface area is 115 Å². The number of anilines is 1. The Morgan fingerprint density at radius 3 is 2.67 bits per heavy atom. The summed E-state index contributed by atoms with van der Waals surface area (Å²) >= 11 is 6.30. The van der Waals surface area contributed by atoms with E-state index in [1.54, 1.807) is 0 Å². The summed E-state index contributed by atoms with van der Waals surface area (Å²) in [5.41, 5.74) is 8.21. The molecule has 1 heterocycles. The first-order valence-corrected chi connectivity index (χ1v) is 7.36. The van der Waals surface area contributed by atoms with E-state index in [2.05, 4.69) is 17.9 Å². The summed E-state index contributed by atoms with van der Waals surface area (Å²) in [5.74, 6) is 0.901. The van der Waals surface area contributed by atoms with E-state index < -0.39 is 0 Å². The number of nitrogens with zero attached hydrogens (tertiary/aromatic N) is 1. The van der Waals surface area contributed by atoms with Gasteiger partial charge in [-0.05, 0) is 49.4 Å². The van der Waals surface area contributed by atoms with Crippen LogP contribution in [0.1, 0.15) is 31.7 Å². The summed E-state index contributed by atoms with van der Waals surface area (Å²) in [6.45, 7) is 5.24. The van der Waals surface area contributed by atoms with Crippen molar-refractivity contribution >= 4 is 17.3 Å². The molecule has 0 aliphatic carbocycles. The molecule has 0 radical (unpaired) electrons. The molecule has 2 nitrogen and oxygen atoms in total. The van der Waals surface area contributed by atoms with Crippen molar-refractivity contribution < 1.29 is 0 Å². The molecule has 0 unspecified atom stereocenters. The SMILES string of the molecule is CCC1CCN(c2cccc(Cl)c2CCN)CC1. The molecule has 0 spiro atoms. The van der Waals surface area contributed by atoms with Gasteiger partial charge in [-0.2, -0.15) is 0 Å². The molecule has 1 fully saturated rings. The predicted octanol–water partition coefficient (Wildman–Crippen LogP) is 3.47. The molecule has 0 bridgehead atoms. The summed E-state index contributed by atoms with van der Waals surface area (Å²) < 4.78 is 0. The summed E-state index contributed by atoms with van der Waals surface area (Å²) in [4.78, 5) is 2.48. The third kappa shape index (κ3) is 2.99. The van der Waals surface area contributed by atoms with Gasteiger partial charge >= 0.3 is 0 Å². The maximum Gasteiger partial charge on any atom is 0.0459 e. The maximum absolute atomic E-state index is 6.30. The van der Waals surface area contributed by atoms with Crippen LogP contribution in [0.5, 0.6) is 0 Å². The molecule has 0 amide bonds. The zero-order valence-corrected chi connectivity index (χ0v) is 11.9. The number of nitrogens with two attached hydrogens (primary N) is 1. The largest absolute Gasteiger partial charge is 0.371 e. The second-order valence-corrected chi connectivity index (χ2v) is 5.52. The fourth-order valence-corrected chi connectivity index (χ4v) is 3.08. The van der Waals surface area contributed by atoms with Gasteiger partial charge in [-0.25, -0.2) is 0 Å². The van der Waals surface area contributed by atoms with Gasteiger partial charge < -0.3 is 10.6 Å². The van der Waals surface area contributed by atoms with E-state index in [9.17, 15) is 0 Å². The van der Waals surface area contributed by atoms with Crippen LogP contribution in [-0.2, 0) is 6.42 Å². The van der Waals surface area contributed by atoms with Crippen LogP contribution >= 0.6 is 11.6 Å². The quantitative estimate of drug-likeness (QED) is 0.904. The molecule has 3 heteroatoms. The lowest BCUT2D eigenvalue weighted by Gasteiger charge is -2.34. The Morgan fingerprint density at radius 2 is 2.06 bits per heavy atom. The first kappa shape index (κ1) is 13.7. The lowest BCUT2D eigenvalue weighted by Crippen LogP contribution is -2.34. The van der Waals surface area contributed by atoms with Crippen LogP contribution in [0.15, 0.2) is 18.2 Å². The second kappa shape index (κ2) is 6.44. The molecular formula is C15H23ClN2. The fourth-order valence-electron chi connectivity index (χ4n) is 2.82. The van der Waals surface area contributed by atoms with Gasteiger partial charge in [0.15, 0.2) is 0 Å². The smallest absolute Gasteiger partial charge is 0.0459 e. The predicted molar refractivity (Wildman–Crippen MR) is 79.4 cm³/mol. The van der Waals surface area contributed by atoms with Crippen molar-refractivity contribution in [1.82, 2.24) is 0 Å². The number of halogens is 1. The van der Waals surface area contributed by atoms with Crippen LogP contribution in [0, 0.1) is 5.92 Å². The molecular weight excluding hydrogens is 244 g/mol. The summed E-state index contributed by atoms with van der Waals surface area (Å²) in [6, 6.07) is 6.20. The van der Waals surface area contributed by atoms with Gasteiger partial charge in [0.25, 0.3) is 0 Å². The summed E-state index contributed by atoms with van der Waals surface area (Å²) in [7, 11) is 0. The van der Waals surface area contributed by atoms with E-state index in [-0.39, 0.29) is 0 Å². The van der Waals surface area contributed by atoms with Crippen molar-refractivity contribution in [2.75, 3.05) is 24.5 Å². The molecule has 1 aliphatic heterocycles. The van der Waals surface area contributed by atoms with Gasteiger partial charge in [0, 0.05) is 23.8 Å². The van der Waals surface area contributed by atoms with Crippen LogP contribution < -0.4 is 10.6 Å². The van der Waals surface area contributed by atoms with Crippen molar-refractivity contribution in [1.29, 1.82) is 0 Å². The highest BCUT2D eigenvalue weighted by atomic mass is 35.5. The zero-order chi connectivity index (χ0) is 13.0. The molecule has 1 aliphatic rings. The summed E-state index contributed by atoms with van der Waals surface area (Å²) in [6.07, 6.45) is 4.76. The van der Waals surface area contributed by atoms with Crippen LogP contribution in [0.2, 0.25) is 5.02 Å². The lowest BCUT2D eigenvalue weighted by atomic mass is 9.93. The van der Waals surface area contributed by atoms with Crippen LogP contribution in [0.25, 0.3) is 0 Å². The highest BCUT2D eigenvalue weighted by Gasteiger charge is 2.20. The molecule has 100 valence electrons. The van der Waals surface area contributed by atoms with Gasteiger partial charge in [-0.15, -0.1) is 0 Å². The average molecular weight is 267 g/mol. The number of piperidine rings is 1. The van der Waals surface area contributed by atoms with Crippen molar-refractivity contribution in [2.45, 2.75) is 32.6 Å². The number of hydrogen-bond acceptors (Lipinski definition) is 2. The van der Waals surface area contributed by atoms with Crippen LogP contribution in [0.3, 0.4) is 0 Å². The maximum atomic E-state index is 6.30. The number of benzene rings is 1. The van der Waals surface area contributed by atoms with Gasteiger partial charge in [-0.1, -0.05) is 31.0 Å². The van der Waals surface area contributed by atoms with Gasteiger partial charge in [0.1, 0.15) is 0 Å². The van der Waals surface area contributed by atoms with E-state index in [0.717, 1.165) is 30.5 Å². The Bertz CT molecular complexity index is 384. The van der Waals surface area contributed by atoms with Crippen LogP contribution in [-0.4, -0.2) is 19.6 Å². The molecule has 1 saturated heterocycles. The molecule has 1 aromatic rings. The third-order valence-corrected chi connectivity index (χ3v) is 4.38. The van der Waals surface area contributed by atoms with Gasteiger partial charge in [0.2, 0.25) is 0 Å². The van der Waals surface area contributed by atoms with Gasteiger partial charge in [0.05, 0.1) is 0 Å². The summed E-state index contributed by atoms with van der Waals surface area (Å²) in [5, 5.41) is 0.857. The molecule has 18 heavy (non-hydrogen) atoms. The van der Waals surface area contributed by atoms with Crippen LogP contribution in [0.4, 0.5) is 5.69 Å². The third-order valence-electron chi connectivity index (χ3n) is 4.02. The molecule has 0 atom stereocenters. The minimum Gasteiger partial charge on any atom is -0.371 e. The minimum atomic E-state index is 0.655. The molecule has 2 N–H and O–H groups in total. The highest BCUT2D eigenvalue weighted by molar-refractivity contribution is 6.31. The Kier molecular flexibility index (Phi) is 4.90. The first-order chi connectivity index (χ1) is 8.76. The average Bonchev–Trinajstić information content (AvgIpc) is 2.41. The normalized spacial score (nSPS) is 17.2. The zero-order valence-electron chi connectivity index (χ0n) is 11.2.